The third kappa shape index (κ3) is 11.4. The van der Waals surface area contributed by atoms with E-state index in [1.807, 2.05) is 36.4 Å². The fourth-order valence-corrected chi connectivity index (χ4v) is 4.02. The Morgan fingerprint density at radius 2 is 1.39 bits per heavy atom. The van der Waals surface area contributed by atoms with Gasteiger partial charge in [0.2, 0.25) is 0 Å². The Kier molecular flexibility index (Phi) is 13.4. The SMILES string of the molecule is CCCCCCC(C)CCCCOc1ccc(C#Cc2ccc(CCCCC)c(F)c2)cc1. The van der Waals surface area contributed by atoms with E-state index in [-0.39, 0.29) is 5.82 Å². The van der Waals surface area contributed by atoms with E-state index in [0.717, 1.165) is 61.5 Å². The van der Waals surface area contributed by atoms with Gasteiger partial charge in [0.05, 0.1) is 6.61 Å². The summed E-state index contributed by atoms with van der Waals surface area (Å²) in [6.45, 7) is 7.56. The van der Waals surface area contributed by atoms with Crippen molar-refractivity contribution in [3.05, 3.63) is 65.0 Å². The molecule has 1 atom stereocenters. The van der Waals surface area contributed by atoms with Crippen molar-refractivity contribution in [1.82, 2.24) is 0 Å². The summed E-state index contributed by atoms with van der Waals surface area (Å²) in [5.74, 6) is 7.77. The second-order valence-electron chi connectivity index (χ2n) is 9.34. The minimum Gasteiger partial charge on any atom is -0.494 e. The molecule has 0 N–H and O–H groups in total. The lowest BCUT2D eigenvalue weighted by molar-refractivity contribution is 0.298. The monoisotopic (exact) mass is 450 g/mol. The first kappa shape index (κ1) is 27.0. The minimum atomic E-state index is -0.146. The van der Waals surface area contributed by atoms with Gasteiger partial charge in [-0.3, -0.25) is 0 Å². The molecular weight excluding hydrogens is 407 g/mol. The Labute approximate surface area is 202 Å². The minimum absolute atomic E-state index is 0.146. The summed E-state index contributed by atoms with van der Waals surface area (Å²) >= 11 is 0. The van der Waals surface area contributed by atoms with Gasteiger partial charge in [-0.15, -0.1) is 0 Å². The fraction of sp³-hybridized carbons (Fsp3) is 0.548. The number of hydrogen-bond donors (Lipinski definition) is 0. The highest BCUT2D eigenvalue weighted by atomic mass is 19.1. The molecule has 0 saturated carbocycles. The van der Waals surface area contributed by atoms with Gasteiger partial charge in [-0.05, 0) is 73.6 Å². The number of hydrogen-bond acceptors (Lipinski definition) is 1. The number of ether oxygens (including phenoxy) is 1. The molecule has 0 heterocycles. The highest BCUT2D eigenvalue weighted by Crippen LogP contribution is 2.18. The number of halogens is 1. The summed E-state index contributed by atoms with van der Waals surface area (Å²) < 4.78 is 20.2. The van der Waals surface area contributed by atoms with Crippen molar-refractivity contribution >= 4 is 0 Å². The highest BCUT2D eigenvalue weighted by molar-refractivity contribution is 5.45. The van der Waals surface area contributed by atoms with Crippen LogP contribution in [0, 0.1) is 23.6 Å². The van der Waals surface area contributed by atoms with E-state index in [1.54, 1.807) is 6.07 Å². The summed E-state index contributed by atoms with van der Waals surface area (Å²) in [5, 5.41) is 0. The van der Waals surface area contributed by atoms with Crippen LogP contribution in [0.5, 0.6) is 5.75 Å². The Hall–Kier alpha value is -2.27. The Bertz CT molecular complexity index is 843. The van der Waals surface area contributed by atoms with Crippen LogP contribution in [-0.2, 0) is 6.42 Å². The second kappa shape index (κ2) is 16.4. The van der Waals surface area contributed by atoms with Crippen LogP contribution < -0.4 is 4.74 Å². The maximum Gasteiger partial charge on any atom is 0.127 e. The standard InChI is InChI=1S/C31H43FO/c1-4-6-8-10-13-26(3)14-11-12-24-33-30-22-19-27(20-23-30)16-17-28-18-21-29(31(32)25-28)15-9-7-5-2/h18-23,25-26H,4-15,24H2,1-3H3. The quantitative estimate of drug-likeness (QED) is 0.194. The fourth-order valence-electron chi connectivity index (χ4n) is 4.02. The third-order valence-corrected chi connectivity index (χ3v) is 6.22. The molecule has 0 amide bonds. The van der Waals surface area contributed by atoms with Crippen molar-refractivity contribution in [2.24, 2.45) is 5.92 Å². The van der Waals surface area contributed by atoms with E-state index in [0.29, 0.717) is 5.56 Å². The normalized spacial score (nSPS) is 11.6. The van der Waals surface area contributed by atoms with E-state index in [2.05, 4.69) is 32.6 Å². The maximum absolute atomic E-state index is 14.3. The first-order chi connectivity index (χ1) is 16.1. The topological polar surface area (TPSA) is 9.23 Å². The molecule has 2 rings (SSSR count). The Balaban J connectivity index is 1.70. The van der Waals surface area contributed by atoms with Gasteiger partial charge in [-0.2, -0.15) is 0 Å². The van der Waals surface area contributed by atoms with Crippen molar-refractivity contribution in [1.29, 1.82) is 0 Å². The van der Waals surface area contributed by atoms with Crippen LogP contribution in [-0.4, -0.2) is 6.61 Å². The zero-order valence-electron chi connectivity index (χ0n) is 21.1. The molecular formula is C31H43FO. The smallest absolute Gasteiger partial charge is 0.127 e. The zero-order chi connectivity index (χ0) is 23.7. The largest absolute Gasteiger partial charge is 0.494 e. The summed E-state index contributed by atoms with van der Waals surface area (Å²) in [5.41, 5.74) is 2.41. The Morgan fingerprint density at radius 1 is 0.758 bits per heavy atom. The molecule has 33 heavy (non-hydrogen) atoms. The van der Waals surface area contributed by atoms with Crippen LogP contribution in [0.1, 0.15) is 108 Å². The van der Waals surface area contributed by atoms with E-state index >= 15 is 0 Å². The highest BCUT2D eigenvalue weighted by Gasteiger charge is 2.03. The molecule has 0 aliphatic heterocycles. The van der Waals surface area contributed by atoms with Crippen LogP contribution >= 0.6 is 0 Å². The van der Waals surface area contributed by atoms with Gasteiger partial charge >= 0.3 is 0 Å². The van der Waals surface area contributed by atoms with Gasteiger partial charge in [-0.1, -0.05) is 90.0 Å². The summed E-state index contributed by atoms with van der Waals surface area (Å²) in [4.78, 5) is 0. The van der Waals surface area contributed by atoms with Gasteiger partial charge < -0.3 is 4.74 Å². The molecule has 2 heteroatoms. The van der Waals surface area contributed by atoms with E-state index in [4.69, 9.17) is 4.74 Å². The first-order valence-corrected chi connectivity index (χ1v) is 13.2. The van der Waals surface area contributed by atoms with Crippen LogP contribution in [0.15, 0.2) is 42.5 Å². The molecule has 0 aliphatic carbocycles. The van der Waals surface area contributed by atoms with Crippen molar-refractivity contribution in [2.75, 3.05) is 6.61 Å². The summed E-state index contributed by atoms with van der Waals surface area (Å²) in [6, 6.07) is 13.2. The van der Waals surface area contributed by atoms with E-state index < -0.39 is 0 Å². The van der Waals surface area contributed by atoms with Crippen LogP contribution in [0.3, 0.4) is 0 Å². The van der Waals surface area contributed by atoms with E-state index in [9.17, 15) is 4.39 Å². The summed E-state index contributed by atoms with van der Waals surface area (Å²) in [6.07, 6.45) is 14.5. The molecule has 0 aromatic heterocycles. The number of unbranched alkanes of at least 4 members (excludes halogenated alkanes) is 6. The molecule has 1 nitrogen and oxygen atoms in total. The average molecular weight is 451 g/mol. The molecule has 2 aromatic carbocycles. The van der Waals surface area contributed by atoms with Crippen LogP contribution in [0.25, 0.3) is 0 Å². The van der Waals surface area contributed by atoms with Crippen LogP contribution in [0.2, 0.25) is 0 Å². The lowest BCUT2D eigenvalue weighted by Crippen LogP contribution is -2.00. The van der Waals surface area contributed by atoms with Crippen molar-refractivity contribution in [3.63, 3.8) is 0 Å². The third-order valence-electron chi connectivity index (χ3n) is 6.22. The zero-order valence-corrected chi connectivity index (χ0v) is 21.1. The van der Waals surface area contributed by atoms with Crippen LogP contribution in [0.4, 0.5) is 4.39 Å². The molecule has 1 unspecified atom stereocenters. The molecule has 180 valence electrons. The van der Waals surface area contributed by atoms with Gasteiger partial charge in [0.1, 0.15) is 11.6 Å². The lowest BCUT2D eigenvalue weighted by Gasteiger charge is -2.11. The number of benzene rings is 2. The van der Waals surface area contributed by atoms with E-state index in [1.165, 1.54) is 44.9 Å². The number of rotatable bonds is 15. The molecule has 0 fully saturated rings. The molecule has 2 aromatic rings. The number of aryl methyl sites for hydroxylation is 1. The van der Waals surface area contributed by atoms with Gasteiger partial charge in [0.15, 0.2) is 0 Å². The van der Waals surface area contributed by atoms with Crippen molar-refractivity contribution in [3.8, 4) is 17.6 Å². The molecule has 0 bridgehead atoms. The molecule has 0 radical (unpaired) electrons. The second-order valence-corrected chi connectivity index (χ2v) is 9.34. The van der Waals surface area contributed by atoms with Crippen molar-refractivity contribution in [2.45, 2.75) is 97.8 Å². The predicted molar refractivity (Wildman–Crippen MR) is 139 cm³/mol. The van der Waals surface area contributed by atoms with Crippen molar-refractivity contribution < 1.29 is 9.13 Å². The predicted octanol–water partition coefficient (Wildman–Crippen LogP) is 9.11. The maximum atomic E-state index is 14.3. The van der Waals surface area contributed by atoms with Gasteiger partial charge in [-0.25, -0.2) is 4.39 Å². The molecule has 0 spiro atoms. The molecule has 0 saturated heterocycles. The average Bonchev–Trinajstić information content (AvgIpc) is 2.82. The van der Waals surface area contributed by atoms with Gasteiger partial charge in [0, 0.05) is 11.1 Å². The lowest BCUT2D eigenvalue weighted by atomic mass is 9.97. The Morgan fingerprint density at radius 3 is 2.09 bits per heavy atom. The summed E-state index contributed by atoms with van der Waals surface area (Å²) in [7, 11) is 0. The van der Waals surface area contributed by atoms with Gasteiger partial charge in [0.25, 0.3) is 0 Å². The molecule has 0 aliphatic rings. The first-order valence-electron chi connectivity index (χ1n) is 13.2.